The first-order chi connectivity index (χ1) is 12.1. The number of likely N-dealkylation sites (tertiary alicyclic amines) is 1. The van der Waals surface area contributed by atoms with E-state index in [-0.39, 0.29) is 36.5 Å². The molecule has 1 aromatic heterocycles. The highest BCUT2D eigenvalue weighted by Gasteiger charge is 2.47. The Morgan fingerprint density at radius 2 is 2.12 bits per heavy atom. The molecule has 1 N–H and O–H groups in total. The van der Waals surface area contributed by atoms with Crippen molar-refractivity contribution in [3.05, 3.63) is 54.1 Å². The van der Waals surface area contributed by atoms with Gasteiger partial charge in [-0.2, -0.15) is 0 Å². The molecule has 0 aliphatic carbocycles. The molecule has 0 unspecified atom stereocenters. The SMILES string of the molecule is Cn1cnc(C(=O)N2C[C@H](c3ccccc3)[C@H]3OCC(=O)NC[C@H]32)c1. The third-order valence-corrected chi connectivity index (χ3v) is 4.90. The second-order valence-electron chi connectivity index (χ2n) is 6.55. The molecule has 2 saturated heterocycles. The van der Waals surface area contributed by atoms with Gasteiger partial charge in [-0.3, -0.25) is 9.59 Å². The lowest BCUT2D eigenvalue weighted by Crippen LogP contribution is -2.45. The summed E-state index contributed by atoms with van der Waals surface area (Å²) in [6.07, 6.45) is 3.11. The second-order valence-corrected chi connectivity index (χ2v) is 6.55. The number of carbonyl (C=O) groups excluding carboxylic acids is 2. The third-order valence-electron chi connectivity index (χ3n) is 4.90. The molecule has 0 saturated carbocycles. The van der Waals surface area contributed by atoms with Gasteiger partial charge in [0.15, 0.2) is 0 Å². The van der Waals surface area contributed by atoms with Gasteiger partial charge in [-0.1, -0.05) is 30.3 Å². The Hall–Kier alpha value is -2.67. The van der Waals surface area contributed by atoms with Gasteiger partial charge < -0.3 is 19.5 Å². The van der Waals surface area contributed by atoms with Gasteiger partial charge in [0.1, 0.15) is 12.3 Å². The van der Waals surface area contributed by atoms with Crippen LogP contribution in [0.15, 0.2) is 42.9 Å². The molecule has 3 atom stereocenters. The van der Waals surface area contributed by atoms with E-state index >= 15 is 0 Å². The maximum Gasteiger partial charge on any atom is 0.274 e. The Bertz CT molecular complexity index is 789. The molecule has 7 heteroatoms. The van der Waals surface area contributed by atoms with Gasteiger partial charge in [-0.15, -0.1) is 0 Å². The predicted molar refractivity (Wildman–Crippen MR) is 90.0 cm³/mol. The van der Waals surface area contributed by atoms with E-state index in [1.165, 1.54) is 0 Å². The summed E-state index contributed by atoms with van der Waals surface area (Å²) in [7, 11) is 1.83. The first kappa shape index (κ1) is 15.8. The monoisotopic (exact) mass is 340 g/mol. The molecule has 0 spiro atoms. The third kappa shape index (κ3) is 2.91. The number of carbonyl (C=O) groups is 2. The van der Waals surface area contributed by atoms with E-state index in [2.05, 4.69) is 10.3 Å². The molecule has 0 radical (unpaired) electrons. The summed E-state index contributed by atoms with van der Waals surface area (Å²) < 4.78 is 7.65. The van der Waals surface area contributed by atoms with E-state index in [1.54, 1.807) is 22.0 Å². The number of hydrogen-bond acceptors (Lipinski definition) is 4. The van der Waals surface area contributed by atoms with Crippen molar-refractivity contribution >= 4 is 11.8 Å². The Balaban J connectivity index is 1.67. The highest BCUT2D eigenvalue weighted by Crippen LogP contribution is 2.35. The minimum Gasteiger partial charge on any atom is -0.365 e. The minimum absolute atomic E-state index is 0.0239. The Kier molecular flexibility index (Phi) is 4.01. The number of ether oxygens (including phenoxy) is 1. The number of benzene rings is 1. The summed E-state index contributed by atoms with van der Waals surface area (Å²) in [5.41, 5.74) is 1.52. The largest absolute Gasteiger partial charge is 0.365 e. The number of rotatable bonds is 2. The van der Waals surface area contributed by atoms with Gasteiger partial charge in [0.25, 0.3) is 5.91 Å². The van der Waals surface area contributed by atoms with Crippen LogP contribution in [-0.4, -0.2) is 58.1 Å². The molecular formula is C18H20N4O3. The number of aryl methyl sites for hydroxylation is 1. The van der Waals surface area contributed by atoms with Crippen molar-refractivity contribution in [3.8, 4) is 0 Å². The van der Waals surface area contributed by atoms with Crippen LogP contribution in [0.2, 0.25) is 0 Å². The highest BCUT2D eigenvalue weighted by atomic mass is 16.5. The van der Waals surface area contributed by atoms with Crippen LogP contribution >= 0.6 is 0 Å². The minimum atomic E-state index is -0.214. The van der Waals surface area contributed by atoms with Gasteiger partial charge in [0, 0.05) is 32.3 Å². The Labute approximate surface area is 145 Å². The zero-order valence-electron chi connectivity index (χ0n) is 14.0. The summed E-state index contributed by atoms with van der Waals surface area (Å²) in [6, 6.07) is 9.80. The topological polar surface area (TPSA) is 76.5 Å². The van der Waals surface area contributed by atoms with Crippen molar-refractivity contribution in [2.75, 3.05) is 19.7 Å². The Morgan fingerprint density at radius 1 is 1.32 bits per heavy atom. The van der Waals surface area contributed by atoms with Crippen LogP contribution in [0.3, 0.4) is 0 Å². The summed E-state index contributed by atoms with van der Waals surface area (Å²) >= 11 is 0. The van der Waals surface area contributed by atoms with E-state index in [0.717, 1.165) is 5.56 Å². The summed E-state index contributed by atoms with van der Waals surface area (Å²) in [5.74, 6) is -0.244. The van der Waals surface area contributed by atoms with E-state index in [0.29, 0.717) is 18.8 Å². The van der Waals surface area contributed by atoms with Crippen LogP contribution in [0.5, 0.6) is 0 Å². The summed E-state index contributed by atoms with van der Waals surface area (Å²) in [5, 5.41) is 2.85. The van der Waals surface area contributed by atoms with Gasteiger partial charge >= 0.3 is 0 Å². The lowest BCUT2D eigenvalue weighted by molar-refractivity contribution is -0.125. The Morgan fingerprint density at radius 3 is 2.84 bits per heavy atom. The average Bonchev–Trinajstić information content (AvgIpc) is 3.17. The molecule has 2 aromatic rings. The first-order valence-electron chi connectivity index (χ1n) is 8.35. The normalized spacial score (nSPS) is 26.0. The fourth-order valence-electron chi connectivity index (χ4n) is 3.69. The number of nitrogens with zero attached hydrogens (tertiary/aromatic N) is 3. The van der Waals surface area contributed by atoms with Crippen molar-refractivity contribution in [1.82, 2.24) is 19.8 Å². The van der Waals surface area contributed by atoms with Crippen LogP contribution in [0.1, 0.15) is 22.0 Å². The van der Waals surface area contributed by atoms with Crippen LogP contribution in [0, 0.1) is 0 Å². The molecule has 0 bridgehead atoms. The number of nitrogens with one attached hydrogen (secondary N) is 1. The van der Waals surface area contributed by atoms with E-state index in [9.17, 15) is 9.59 Å². The van der Waals surface area contributed by atoms with E-state index in [1.807, 2.05) is 37.4 Å². The molecule has 2 fully saturated rings. The standard InChI is InChI=1S/C18H20N4O3/c1-21-9-14(20-11-21)18(24)22-8-13(12-5-3-2-4-6-12)17-15(22)7-19-16(23)10-25-17/h2-6,9,11,13,15,17H,7-8,10H2,1H3,(H,19,23)/t13-,15-,17-/m1/s1. The molecule has 4 rings (SSSR count). The second kappa shape index (κ2) is 6.33. The maximum atomic E-state index is 13.0. The van der Waals surface area contributed by atoms with Gasteiger partial charge in [-0.25, -0.2) is 4.98 Å². The fraction of sp³-hybridized carbons (Fsp3) is 0.389. The van der Waals surface area contributed by atoms with Crippen LogP contribution in [0.25, 0.3) is 0 Å². The summed E-state index contributed by atoms with van der Waals surface area (Å²) in [6.45, 7) is 0.964. The van der Waals surface area contributed by atoms with E-state index < -0.39 is 0 Å². The average molecular weight is 340 g/mol. The quantitative estimate of drug-likeness (QED) is 0.866. The molecule has 7 nitrogen and oxygen atoms in total. The molecule has 25 heavy (non-hydrogen) atoms. The smallest absolute Gasteiger partial charge is 0.274 e. The molecule has 2 aliphatic heterocycles. The maximum absolute atomic E-state index is 13.0. The molecular weight excluding hydrogens is 320 g/mol. The highest BCUT2D eigenvalue weighted by molar-refractivity contribution is 5.93. The molecule has 2 aliphatic rings. The van der Waals surface area contributed by atoms with Crippen molar-refractivity contribution in [2.45, 2.75) is 18.1 Å². The van der Waals surface area contributed by atoms with Crippen molar-refractivity contribution in [2.24, 2.45) is 7.05 Å². The molecule has 2 amide bonds. The fourth-order valence-corrected chi connectivity index (χ4v) is 3.69. The van der Waals surface area contributed by atoms with Gasteiger partial charge in [-0.05, 0) is 5.56 Å². The zero-order chi connectivity index (χ0) is 17.4. The number of aromatic nitrogens is 2. The lowest BCUT2D eigenvalue weighted by atomic mass is 9.93. The van der Waals surface area contributed by atoms with Crippen molar-refractivity contribution < 1.29 is 14.3 Å². The number of imidazole rings is 1. The molecule has 3 heterocycles. The molecule has 1 aromatic carbocycles. The van der Waals surface area contributed by atoms with Crippen LogP contribution in [0.4, 0.5) is 0 Å². The van der Waals surface area contributed by atoms with Crippen molar-refractivity contribution in [1.29, 1.82) is 0 Å². The zero-order valence-corrected chi connectivity index (χ0v) is 14.0. The molecule has 130 valence electrons. The number of amides is 2. The lowest BCUT2D eigenvalue weighted by Gasteiger charge is -2.25. The predicted octanol–water partition coefficient (Wildman–Crippen LogP) is 0.543. The van der Waals surface area contributed by atoms with Crippen LogP contribution < -0.4 is 5.32 Å². The first-order valence-corrected chi connectivity index (χ1v) is 8.35. The number of hydrogen-bond donors (Lipinski definition) is 1. The van der Waals surface area contributed by atoms with E-state index in [4.69, 9.17) is 4.74 Å². The summed E-state index contributed by atoms with van der Waals surface area (Å²) in [4.78, 5) is 30.7. The van der Waals surface area contributed by atoms with Gasteiger partial charge in [0.2, 0.25) is 5.91 Å². The van der Waals surface area contributed by atoms with Gasteiger partial charge in [0.05, 0.1) is 18.5 Å². The van der Waals surface area contributed by atoms with Crippen LogP contribution in [-0.2, 0) is 16.6 Å². The van der Waals surface area contributed by atoms with Crippen molar-refractivity contribution in [3.63, 3.8) is 0 Å². The number of fused-ring (bicyclic) bond motifs is 1.